The van der Waals surface area contributed by atoms with Crippen molar-refractivity contribution in [2.45, 2.75) is 52.7 Å². The molecule has 23 heavy (non-hydrogen) atoms. The fourth-order valence-electron chi connectivity index (χ4n) is 2.22. The van der Waals surface area contributed by atoms with Crippen molar-refractivity contribution >= 4 is 11.8 Å². The summed E-state index contributed by atoms with van der Waals surface area (Å²) in [6, 6.07) is 6.67. The first-order chi connectivity index (χ1) is 10.8. The van der Waals surface area contributed by atoms with Crippen LogP contribution in [0.5, 0.6) is 0 Å². The number of aryl methyl sites for hydroxylation is 1. The van der Waals surface area contributed by atoms with Gasteiger partial charge in [-0.25, -0.2) is 0 Å². The Morgan fingerprint density at radius 2 is 1.96 bits per heavy atom. The standard InChI is InChI=1S/C18H28N2O3/c1-5-15(21)9-10-19-18(23)16(12(2)3)20-17(22)14-8-6-7-13(4)11-14/h6-8,11-12,15-16,21H,5,9-10H2,1-4H3,(H,19,23)(H,20,22). The highest BCUT2D eigenvalue weighted by Crippen LogP contribution is 2.07. The Labute approximate surface area is 138 Å². The zero-order chi connectivity index (χ0) is 17.4. The second kappa shape index (κ2) is 9.30. The maximum Gasteiger partial charge on any atom is 0.251 e. The summed E-state index contributed by atoms with van der Waals surface area (Å²) in [6.07, 6.45) is 0.765. The van der Waals surface area contributed by atoms with Gasteiger partial charge in [0.25, 0.3) is 5.91 Å². The molecule has 0 fully saturated rings. The minimum Gasteiger partial charge on any atom is -0.393 e. The highest BCUT2D eigenvalue weighted by Gasteiger charge is 2.24. The van der Waals surface area contributed by atoms with Crippen molar-refractivity contribution in [2.75, 3.05) is 6.54 Å². The average Bonchev–Trinajstić information content (AvgIpc) is 2.51. The van der Waals surface area contributed by atoms with Gasteiger partial charge in [-0.1, -0.05) is 38.5 Å². The molecule has 2 unspecified atom stereocenters. The molecular weight excluding hydrogens is 292 g/mol. The Hall–Kier alpha value is -1.88. The lowest BCUT2D eigenvalue weighted by Crippen LogP contribution is -2.50. The van der Waals surface area contributed by atoms with Gasteiger partial charge in [-0.15, -0.1) is 0 Å². The molecule has 3 N–H and O–H groups in total. The van der Waals surface area contributed by atoms with Gasteiger partial charge in [0.2, 0.25) is 5.91 Å². The van der Waals surface area contributed by atoms with E-state index in [1.165, 1.54) is 0 Å². The first kappa shape index (κ1) is 19.2. The molecule has 128 valence electrons. The van der Waals surface area contributed by atoms with Crippen molar-refractivity contribution < 1.29 is 14.7 Å². The number of hydrogen-bond acceptors (Lipinski definition) is 3. The van der Waals surface area contributed by atoms with Crippen LogP contribution in [0, 0.1) is 12.8 Å². The average molecular weight is 320 g/mol. The molecular formula is C18H28N2O3. The number of amides is 2. The monoisotopic (exact) mass is 320 g/mol. The van der Waals surface area contributed by atoms with Crippen LogP contribution >= 0.6 is 0 Å². The molecule has 5 nitrogen and oxygen atoms in total. The number of nitrogens with one attached hydrogen (secondary N) is 2. The second-order valence-corrected chi connectivity index (χ2v) is 6.21. The van der Waals surface area contributed by atoms with Gasteiger partial charge in [0.15, 0.2) is 0 Å². The molecule has 2 atom stereocenters. The maximum atomic E-state index is 12.3. The largest absolute Gasteiger partial charge is 0.393 e. The number of carbonyl (C=O) groups is 2. The minimum atomic E-state index is -0.596. The van der Waals surface area contributed by atoms with Gasteiger partial charge >= 0.3 is 0 Å². The second-order valence-electron chi connectivity index (χ2n) is 6.21. The lowest BCUT2D eigenvalue weighted by Gasteiger charge is -2.22. The Morgan fingerprint density at radius 3 is 2.52 bits per heavy atom. The molecule has 0 bridgehead atoms. The van der Waals surface area contributed by atoms with Crippen LogP contribution in [0.1, 0.15) is 49.5 Å². The van der Waals surface area contributed by atoms with E-state index >= 15 is 0 Å². The molecule has 0 aliphatic heterocycles. The minimum absolute atomic E-state index is 0.0279. The van der Waals surface area contributed by atoms with E-state index in [4.69, 9.17) is 0 Å². The molecule has 0 aliphatic carbocycles. The number of aliphatic hydroxyl groups is 1. The molecule has 1 aromatic carbocycles. The number of aliphatic hydroxyl groups excluding tert-OH is 1. The molecule has 0 saturated heterocycles. The summed E-state index contributed by atoms with van der Waals surface area (Å²) in [5, 5.41) is 15.1. The molecule has 0 spiro atoms. The van der Waals surface area contributed by atoms with Gasteiger partial charge in [-0.05, 0) is 37.8 Å². The summed E-state index contributed by atoms with van der Waals surface area (Å²) in [5.74, 6) is -0.500. The number of rotatable bonds is 8. The van der Waals surface area contributed by atoms with E-state index in [0.717, 1.165) is 5.56 Å². The van der Waals surface area contributed by atoms with Gasteiger partial charge in [0, 0.05) is 12.1 Å². The number of benzene rings is 1. The summed E-state index contributed by atoms with van der Waals surface area (Å²) in [5.41, 5.74) is 1.54. The Bertz CT molecular complexity index is 529. The molecule has 5 heteroatoms. The Morgan fingerprint density at radius 1 is 1.26 bits per heavy atom. The summed E-state index contributed by atoms with van der Waals surface area (Å²) in [4.78, 5) is 24.6. The molecule has 1 rings (SSSR count). The van der Waals surface area contributed by atoms with E-state index in [-0.39, 0.29) is 17.7 Å². The van der Waals surface area contributed by atoms with E-state index in [0.29, 0.717) is 24.9 Å². The molecule has 0 radical (unpaired) electrons. The molecule has 0 saturated carbocycles. The highest BCUT2D eigenvalue weighted by molar-refractivity contribution is 5.97. The first-order valence-electron chi connectivity index (χ1n) is 8.18. The van der Waals surface area contributed by atoms with E-state index in [2.05, 4.69) is 10.6 Å². The molecule has 2 amide bonds. The lowest BCUT2D eigenvalue weighted by atomic mass is 10.0. The molecule has 0 aromatic heterocycles. The van der Waals surface area contributed by atoms with E-state index in [1.54, 1.807) is 12.1 Å². The van der Waals surface area contributed by atoms with Crippen LogP contribution in [0.2, 0.25) is 0 Å². The quantitative estimate of drug-likeness (QED) is 0.686. The van der Waals surface area contributed by atoms with Crippen LogP contribution in [-0.4, -0.2) is 35.6 Å². The van der Waals surface area contributed by atoms with Gasteiger partial charge in [0.05, 0.1) is 6.10 Å². The third-order valence-corrected chi connectivity index (χ3v) is 3.76. The van der Waals surface area contributed by atoms with Crippen LogP contribution in [0.15, 0.2) is 24.3 Å². The molecule has 1 aromatic rings. The van der Waals surface area contributed by atoms with Crippen molar-refractivity contribution in [1.29, 1.82) is 0 Å². The van der Waals surface area contributed by atoms with Crippen molar-refractivity contribution in [3.05, 3.63) is 35.4 Å². The topological polar surface area (TPSA) is 78.4 Å². The lowest BCUT2D eigenvalue weighted by molar-refractivity contribution is -0.124. The number of carbonyl (C=O) groups excluding carboxylic acids is 2. The molecule has 0 heterocycles. The van der Waals surface area contributed by atoms with Crippen LogP contribution in [0.25, 0.3) is 0 Å². The van der Waals surface area contributed by atoms with Crippen LogP contribution in [0.3, 0.4) is 0 Å². The smallest absolute Gasteiger partial charge is 0.251 e. The van der Waals surface area contributed by atoms with Gasteiger partial charge in [-0.3, -0.25) is 9.59 Å². The summed E-state index contributed by atoms with van der Waals surface area (Å²) in [6.45, 7) is 7.99. The predicted molar refractivity (Wildman–Crippen MR) is 91.2 cm³/mol. The SMILES string of the molecule is CCC(O)CCNC(=O)C(NC(=O)c1cccc(C)c1)C(C)C. The molecule has 0 aliphatic rings. The van der Waals surface area contributed by atoms with E-state index in [1.807, 2.05) is 39.8 Å². The first-order valence-corrected chi connectivity index (χ1v) is 8.18. The predicted octanol–water partition coefficient (Wildman–Crippen LogP) is 2.03. The third kappa shape index (κ3) is 6.40. The zero-order valence-electron chi connectivity index (χ0n) is 14.4. The fourth-order valence-corrected chi connectivity index (χ4v) is 2.22. The van der Waals surface area contributed by atoms with Crippen molar-refractivity contribution in [1.82, 2.24) is 10.6 Å². The van der Waals surface area contributed by atoms with Crippen LogP contribution < -0.4 is 10.6 Å². The van der Waals surface area contributed by atoms with Crippen molar-refractivity contribution in [3.8, 4) is 0 Å². The van der Waals surface area contributed by atoms with Crippen LogP contribution in [-0.2, 0) is 4.79 Å². The highest BCUT2D eigenvalue weighted by atomic mass is 16.3. The van der Waals surface area contributed by atoms with Gasteiger partial charge in [-0.2, -0.15) is 0 Å². The Kier molecular flexibility index (Phi) is 7.75. The van der Waals surface area contributed by atoms with Gasteiger partial charge < -0.3 is 15.7 Å². The van der Waals surface area contributed by atoms with Crippen LogP contribution in [0.4, 0.5) is 0 Å². The van der Waals surface area contributed by atoms with E-state index < -0.39 is 12.1 Å². The Balaban J connectivity index is 2.64. The number of hydrogen-bond donors (Lipinski definition) is 3. The van der Waals surface area contributed by atoms with Crippen molar-refractivity contribution in [3.63, 3.8) is 0 Å². The summed E-state index contributed by atoms with van der Waals surface area (Å²) >= 11 is 0. The summed E-state index contributed by atoms with van der Waals surface area (Å²) in [7, 11) is 0. The maximum absolute atomic E-state index is 12.3. The summed E-state index contributed by atoms with van der Waals surface area (Å²) < 4.78 is 0. The zero-order valence-corrected chi connectivity index (χ0v) is 14.4. The normalized spacial score (nSPS) is 13.5. The fraction of sp³-hybridized carbons (Fsp3) is 0.556. The van der Waals surface area contributed by atoms with E-state index in [9.17, 15) is 14.7 Å². The third-order valence-electron chi connectivity index (χ3n) is 3.76. The van der Waals surface area contributed by atoms with Gasteiger partial charge in [0.1, 0.15) is 6.04 Å². The van der Waals surface area contributed by atoms with Crippen molar-refractivity contribution in [2.24, 2.45) is 5.92 Å².